The average Bonchev–Trinajstić information content (AvgIpc) is 3.14. The zero-order chi connectivity index (χ0) is 16.7. The molecule has 5 nitrogen and oxygen atoms in total. The van der Waals surface area contributed by atoms with Gasteiger partial charge in [0.15, 0.2) is 5.13 Å². The number of rotatable bonds is 3. The highest BCUT2D eigenvalue weighted by Gasteiger charge is 2.15. The third-order valence-electron chi connectivity index (χ3n) is 3.52. The van der Waals surface area contributed by atoms with Crippen LogP contribution in [0.15, 0.2) is 42.0 Å². The molecule has 0 amide bonds. The summed E-state index contributed by atoms with van der Waals surface area (Å²) < 4.78 is 1.93. The number of nitrogens with one attached hydrogen (secondary N) is 1. The first kappa shape index (κ1) is 18.1. The summed E-state index contributed by atoms with van der Waals surface area (Å²) in [5.41, 5.74) is 3.27. The topological polar surface area (TPSA) is 55.1 Å². The van der Waals surface area contributed by atoms with E-state index in [4.69, 9.17) is 23.2 Å². The summed E-state index contributed by atoms with van der Waals surface area (Å²) >= 11 is 13.9. The predicted octanol–water partition coefficient (Wildman–Crippen LogP) is 5.79. The lowest BCUT2D eigenvalue weighted by Gasteiger charge is -2.07. The molecule has 0 bridgehead atoms. The van der Waals surface area contributed by atoms with Crippen LogP contribution in [0, 0.1) is 6.92 Å². The van der Waals surface area contributed by atoms with E-state index in [0.717, 1.165) is 17.1 Å². The number of benzene rings is 1. The highest BCUT2D eigenvalue weighted by atomic mass is 79.9. The van der Waals surface area contributed by atoms with Gasteiger partial charge >= 0.3 is 0 Å². The van der Waals surface area contributed by atoms with Gasteiger partial charge in [0.2, 0.25) is 5.78 Å². The maximum atomic E-state index is 6.20. The molecule has 4 aromatic rings. The third-order valence-corrected chi connectivity index (χ3v) is 4.91. The number of anilines is 2. The molecule has 0 fully saturated rings. The van der Waals surface area contributed by atoms with Crippen LogP contribution in [0.2, 0.25) is 10.0 Å². The molecule has 1 aromatic carbocycles. The molecule has 0 atom stereocenters. The highest BCUT2D eigenvalue weighted by Crippen LogP contribution is 2.35. The highest BCUT2D eigenvalue weighted by molar-refractivity contribution is 8.93. The number of nitrogens with zero attached hydrogens (tertiary/aromatic N) is 4. The van der Waals surface area contributed by atoms with Crippen LogP contribution in [0.4, 0.5) is 10.8 Å². The zero-order valence-corrected chi connectivity index (χ0v) is 16.9. The lowest BCUT2D eigenvalue weighted by Crippen LogP contribution is -1.93. The molecule has 0 aliphatic rings. The summed E-state index contributed by atoms with van der Waals surface area (Å²) in [5.74, 6) is 0.654. The molecule has 0 saturated heterocycles. The van der Waals surface area contributed by atoms with Crippen molar-refractivity contribution in [1.82, 2.24) is 19.4 Å². The molecule has 3 heterocycles. The van der Waals surface area contributed by atoms with Crippen LogP contribution in [-0.2, 0) is 0 Å². The lowest BCUT2D eigenvalue weighted by atomic mass is 10.3. The van der Waals surface area contributed by atoms with Crippen LogP contribution in [0.1, 0.15) is 5.69 Å². The van der Waals surface area contributed by atoms with Crippen molar-refractivity contribution in [3.05, 3.63) is 57.8 Å². The Morgan fingerprint density at radius 3 is 2.64 bits per heavy atom. The average molecular weight is 457 g/mol. The molecule has 0 radical (unpaired) electrons. The Morgan fingerprint density at radius 2 is 1.88 bits per heavy atom. The van der Waals surface area contributed by atoms with Crippen molar-refractivity contribution in [3.8, 4) is 11.4 Å². The van der Waals surface area contributed by atoms with Crippen molar-refractivity contribution in [3.63, 3.8) is 0 Å². The number of hydrogen-bond acceptors (Lipinski definition) is 5. The van der Waals surface area contributed by atoms with Gasteiger partial charge in [-0.3, -0.25) is 4.40 Å². The molecular formula is C16H12BrCl2N5S. The van der Waals surface area contributed by atoms with Gasteiger partial charge in [-0.15, -0.1) is 28.3 Å². The maximum Gasteiger partial charge on any atom is 0.234 e. The lowest BCUT2D eigenvalue weighted by molar-refractivity contribution is 1.11. The summed E-state index contributed by atoms with van der Waals surface area (Å²) in [6.45, 7) is 1.95. The minimum Gasteiger partial charge on any atom is -0.329 e. The number of aromatic nitrogens is 4. The smallest absolute Gasteiger partial charge is 0.234 e. The first-order chi connectivity index (χ1) is 11.6. The summed E-state index contributed by atoms with van der Waals surface area (Å²) in [6, 6.07) is 7.24. The summed E-state index contributed by atoms with van der Waals surface area (Å²) in [7, 11) is 0. The molecule has 25 heavy (non-hydrogen) atoms. The molecule has 3 aromatic heterocycles. The normalized spacial score (nSPS) is 10.7. The molecule has 0 aliphatic carbocycles. The van der Waals surface area contributed by atoms with Crippen molar-refractivity contribution in [2.75, 3.05) is 5.32 Å². The standard InChI is InChI=1S/C16H11Cl2N5S.BrH/c1-9-14(23-7-3-6-19-15(23)20-9)12-8-24-16(21-12)22-13-10(17)4-2-5-11(13)18;/h2-8H,1H3,(H,21,22);1H. The Hall–Kier alpha value is -1.67. The largest absolute Gasteiger partial charge is 0.329 e. The van der Waals surface area contributed by atoms with E-state index in [1.54, 1.807) is 24.4 Å². The minimum atomic E-state index is 0. The Balaban J connectivity index is 0.00000182. The zero-order valence-electron chi connectivity index (χ0n) is 12.9. The van der Waals surface area contributed by atoms with Crippen LogP contribution in [0.3, 0.4) is 0 Å². The van der Waals surface area contributed by atoms with Crippen LogP contribution in [0.5, 0.6) is 0 Å². The number of para-hydroxylation sites is 1. The van der Waals surface area contributed by atoms with Crippen LogP contribution in [0.25, 0.3) is 17.2 Å². The molecule has 4 rings (SSSR count). The van der Waals surface area contributed by atoms with Gasteiger partial charge in [-0.05, 0) is 25.1 Å². The summed E-state index contributed by atoms with van der Waals surface area (Å²) in [4.78, 5) is 13.4. The van der Waals surface area contributed by atoms with Crippen LogP contribution < -0.4 is 5.32 Å². The van der Waals surface area contributed by atoms with E-state index >= 15 is 0 Å². The number of thiazole rings is 1. The Morgan fingerprint density at radius 1 is 1.12 bits per heavy atom. The van der Waals surface area contributed by atoms with Crippen molar-refractivity contribution >= 4 is 68.1 Å². The molecule has 1 N–H and O–H groups in total. The van der Waals surface area contributed by atoms with E-state index in [9.17, 15) is 0 Å². The quantitative estimate of drug-likeness (QED) is 0.423. The van der Waals surface area contributed by atoms with Gasteiger partial charge in [-0.1, -0.05) is 29.3 Å². The Kier molecular flexibility index (Phi) is 5.29. The van der Waals surface area contributed by atoms with Crippen molar-refractivity contribution in [1.29, 1.82) is 0 Å². The van der Waals surface area contributed by atoms with E-state index in [2.05, 4.69) is 20.3 Å². The number of halogens is 3. The fourth-order valence-electron chi connectivity index (χ4n) is 2.47. The van der Waals surface area contributed by atoms with Gasteiger partial charge < -0.3 is 5.32 Å². The van der Waals surface area contributed by atoms with E-state index < -0.39 is 0 Å². The van der Waals surface area contributed by atoms with Gasteiger partial charge in [0.25, 0.3) is 0 Å². The molecule has 0 saturated carbocycles. The van der Waals surface area contributed by atoms with E-state index in [1.807, 2.05) is 29.0 Å². The number of aryl methyl sites for hydroxylation is 1. The second kappa shape index (κ2) is 7.29. The fraction of sp³-hybridized carbons (Fsp3) is 0.0625. The molecule has 0 unspecified atom stereocenters. The molecular weight excluding hydrogens is 445 g/mol. The van der Waals surface area contributed by atoms with Crippen molar-refractivity contribution < 1.29 is 0 Å². The number of fused-ring (bicyclic) bond motifs is 1. The first-order valence-corrected chi connectivity index (χ1v) is 8.73. The second-order valence-corrected chi connectivity index (χ2v) is 6.77. The summed E-state index contributed by atoms with van der Waals surface area (Å²) in [5, 5.41) is 6.96. The van der Waals surface area contributed by atoms with E-state index in [-0.39, 0.29) is 17.0 Å². The number of imidazole rings is 1. The molecule has 128 valence electrons. The van der Waals surface area contributed by atoms with Gasteiger partial charge in [0.1, 0.15) is 5.69 Å². The maximum absolute atomic E-state index is 6.20. The predicted molar refractivity (Wildman–Crippen MR) is 109 cm³/mol. The second-order valence-electron chi connectivity index (χ2n) is 5.10. The third kappa shape index (κ3) is 3.37. The van der Waals surface area contributed by atoms with Crippen LogP contribution in [-0.4, -0.2) is 19.4 Å². The van der Waals surface area contributed by atoms with Gasteiger partial charge in [-0.2, -0.15) is 0 Å². The first-order valence-electron chi connectivity index (χ1n) is 7.10. The number of hydrogen-bond donors (Lipinski definition) is 1. The molecule has 0 aliphatic heterocycles. The van der Waals surface area contributed by atoms with Crippen molar-refractivity contribution in [2.24, 2.45) is 0 Å². The van der Waals surface area contributed by atoms with Crippen LogP contribution >= 0.6 is 51.5 Å². The molecule has 9 heteroatoms. The minimum absolute atomic E-state index is 0. The Bertz CT molecular complexity index is 1030. The van der Waals surface area contributed by atoms with Gasteiger partial charge in [0, 0.05) is 17.8 Å². The summed E-state index contributed by atoms with van der Waals surface area (Å²) in [6.07, 6.45) is 3.65. The van der Waals surface area contributed by atoms with Crippen molar-refractivity contribution in [2.45, 2.75) is 6.92 Å². The van der Waals surface area contributed by atoms with Gasteiger partial charge in [-0.25, -0.2) is 15.0 Å². The van der Waals surface area contributed by atoms with E-state index in [1.165, 1.54) is 11.3 Å². The van der Waals surface area contributed by atoms with Gasteiger partial charge in [0.05, 0.1) is 27.1 Å². The fourth-order valence-corrected chi connectivity index (χ4v) is 3.66. The molecule has 0 spiro atoms. The monoisotopic (exact) mass is 455 g/mol. The SMILES string of the molecule is Br.Cc1nc2ncccn2c1-c1csc(Nc2c(Cl)cccc2Cl)n1. The Labute approximate surface area is 168 Å². The van der Waals surface area contributed by atoms with E-state index in [0.29, 0.717) is 26.6 Å².